The van der Waals surface area contributed by atoms with Crippen LogP contribution in [0, 0.1) is 5.82 Å². The molecule has 2 amide bonds. The smallest absolute Gasteiger partial charge is 0.354 e. The molecule has 2 aromatic rings. The predicted molar refractivity (Wildman–Crippen MR) is 73.6 cm³/mol. The number of nitrogens with one attached hydrogen (secondary N) is 2. The Morgan fingerprint density at radius 2 is 2.12 bits per heavy atom. The van der Waals surface area contributed by atoms with Crippen LogP contribution in [0.1, 0.15) is 22.7 Å². The second-order valence-corrected chi connectivity index (χ2v) is 5.22. The maximum absolute atomic E-state index is 14.1. The van der Waals surface area contributed by atoms with E-state index in [1.54, 1.807) is 0 Å². The van der Waals surface area contributed by atoms with Gasteiger partial charge in [-0.25, -0.2) is 4.39 Å². The standard InChI is InChI=1S/C14H10F4N4O3/c15-8-5-6(11(23)20-9-3-4-19-12(9)24)1-2-7(8)10-21-13(25-22-10)14(16,17)18/h1-2,5,9H,3-4H2,(H,19,24)(H,20,23). The molecule has 0 saturated carbocycles. The van der Waals surface area contributed by atoms with Crippen LogP contribution < -0.4 is 10.6 Å². The monoisotopic (exact) mass is 358 g/mol. The van der Waals surface area contributed by atoms with E-state index in [0.29, 0.717) is 13.0 Å². The molecule has 1 aromatic heterocycles. The molecule has 7 nitrogen and oxygen atoms in total. The number of hydrogen-bond donors (Lipinski definition) is 2. The number of benzene rings is 1. The predicted octanol–water partition coefficient (Wildman–Crippen LogP) is 1.51. The summed E-state index contributed by atoms with van der Waals surface area (Å²) in [6.45, 7) is 0.427. The van der Waals surface area contributed by atoms with Crippen LogP contribution >= 0.6 is 0 Å². The molecule has 1 atom stereocenters. The second-order valence-electron chi connectivity index (χ2n) is 5.22. The van der Waals surface area contributed by atoms with Crippen molar-refractivity contribution in [1.82, 2.24) is 20.8 Å². The number of nitrogens with zero attached hydrogens (tertiary/aromatic N) is 2. The van der Waals surface area contributed by atoms with Crippen LogP contribution in [0.4, 0.5) is 17.6 Å². The topological polar surface area (TPSA) is 97.1 Å². The molecule has 0 bridgehead atoms. The molecule has 11 heteroatoms. The van der Waals surface area contributed by atoms with Gasteiger partial charge in [-0.05, 0) is 24.6 Å². The highest BCUT2D eigenvalue weighted by Crippen LogP contribution is 2.30. The van der Waals surface area contributed by atoms with E-state index in [0.717, 1.165) is 12.1 Å². The molecule has 0 radical (unpaired) electrons. The largest absolute Gasteiger partial charge is 0.471 e. The lowest BCUT2D eigenvalue weighted by molar-refractivity contribution is -0.159. The summed E-state index contributed by atoms with van der Waals surface area (Å²) in [6, 6.07) is 2.36. The van der Waals surface area contributed by atoms with E-state index in [1.165, 1.54) is 6.07 Å². The zero-order valence-electron chi connectivity index (χ0n) is 12.4. The average Bonchev–Trinajstić information content (AvgIpc) is 3.17. The molecule has 1 saturated heterocycles. The van der Waals surface area contributed by atoms with E-state index in [9.17, 15) is 27.2 Å². The minimum Gasteiger partial charge on any atom is -0.354 e. The first-order valence-corrected chi connectivity index (χ1v) is 7.05. The first-order valence-electron chi connectivity index (χ1n) is 7.05. The molecule has 1 fully saturated rings. The lowest BCUT2D eigenvalue weighted by Crippen LogP contribution is -2.40. The highest BCUT2D eigenvalue weighted by molar-refractivity contribution is 5.98. The van der Waals surface area contributed by atoms with Crippen molar-refractivity contribution in [3.8, 4) is 11.4 Å². The molecular weight excluding hydrogens is 348 g/mol. The highest BCUT2D eigenvalue weighted by Gasteiger charge is 2.38. The number of halogens is 4. The number of alkyl halides is 3. The van der Waals surface area contributed by atoms with Gasteiger partial charge in [-0.2, -0.15) is 18.2 Å². The minimum absolute atomic E-state index is 0.0968. The number of amides is 2. The van der Waals surface area contributed by atoms with E-state index in [-0.39, 0.29) is 17.0 Å². The summed E-state index contributed by atoms with van der Waals surface area (Å²) < 4.78 is 55.5. The molecule has 1 aliphatic rings. The van der Waals surface area contributed by atoms with Crippen molar-refractivity contribution in [3.63, 3.8) is 0 Å². The molecule has 0 spiro atoms. The molecule has 0 aliphatic carbocycles. The lowest BCUT2D eigenvalue weighted by atomic mass is 10.1. The summed E-state index contributed by atoms with van der Waals surface area (Å²) in [7, 11) is 0. The van der Waals surface area contributed by atoms with Crippen LogP contribution in [-0.4, -0.2) is 34.5 Å². The van der Waals surface area contributed by atoms with Crippen LogP contribution in [0.25, 0.3) is 11.4 Å². The fraction of sp³-hybridized carbons (Fsp3) is 0.286. The Morgan fingerprint density at radius 1 is 1.36 bits per heavy atom. The van der Waals surface area contributed by atoms with Crippen molar-refractivity contribution in [2.24, 2.45) is 0 Å². The van der Waals surface area contributed by atoms with Crippen molar-refractivity contribution in [2.45, 2.75) is 18.6 Å². The number of carbonyl (C=O) groups excluding carboxylic acids is 2. The van der Waals surface area contributed by atoms with Crippen LogP contribution in [-0.2, 0) is 11.0 Å². The van der Waals surface area contributed by atoms with Gasteiger partial charge < -0.3 is 15.2 Å². The van der Waals surface area contributed by atoms with Gasteiger partial charge in [-0.1, -0.05) is 5.16 Å². The Hall–Kier alpha value is -2.98. The molecule has 1 aromatic carbocycles. The van der Waals surface area contributed by atoms with Crippen molar-refractivity contribution in [2.75, 3.05) is 6.54 Å². The summed E-state index contributed by atoms with van der Waals surface area (Å²) in [5.41, 5.74) is -0.449. The van der Waals surface area contributed by atoms with Gasteiger partial charge in [0.25, 0.3) is 5.91 Å². The Kier molecular flexibility index (Phi) is 4.15. The molecule has 3 rings (SSSR count). The van der Waals surface area contributed by atoms with E-state index in [2.05, 4.69) is 25.3 Å². The van der Waals surface area contributed by atoms with Crippen molar-refractivity contribution < 1.29 is 31.7 Å². The lowest BCUT2D eigenvalue weighted by Gasteiger charge is -2.10. The Balaban J connectivity index is 1.80. The summed E-state index contributed by atoms with van der Waals surface area (Å²) in [4.78, 5) is 26.5. The number of aromatic nitrogens is 2. The van der Waals surface area contributed by atoms with E-state index in [4.69, 9.17) is 0 Å². The van der Waals surface area contributed by atoms with Crippen LogP contribution in [0.3, 0.4) is 0 Å². The third-order valence-corrected chi connectivity index (χ3v) is 3.49. The number of carbonyl (C=O) groups is 2. The third-order valence-electron chi connectivity index (χ3n) is 3.49. The molecule has 132 valence electrons. The van der Waals surface area contributed by atoms with E-state index >= 15 is 0 Å². The van der Waals surface area contributed by atoms with Gasteiger partial charge in [0.15, 0.2) is 0 Å². The molecule has 1 unspecified atom stereocenters. The maximum atomic E-state index is 14.1. The Labute approximate surface area is 137 Å². The van der Waals surface area contributed by atoms with Gasteiger partial charge in [0, 0.05) is 12.1 Å². The Morgan fingerprint density at radius 3 is 2.68 bits per heavy atom. The summed E-state index contributed by atoms with van der Waals surface area (Å²) in [6.07, 6.45) is -4.43. The molecule has 25 heavy (non-hydrogen) atoms. The first kappa shape index (κ1) is 16.9. The SMILES string of the molecule is O=C(NC1CCNC1=O)c1ccc(-c2noc(C(F)(F)F)n2)c(F)c1. The van der Waals surface area contributed by atoms with E-state index < -0.39 is 35.7 Å². The van der Waals surface area contributed by atoms with Gasteiger partial charge >= 0.3 is 12.1 Å². The van der Waals surface area contributed by atoms with Crippen LogP contribution in [0.15, 0.2) is 22.7 Å². The van der Waals surface area contributed by atoms with Crippen molar-refractivity contribution in [1.29, 1.82) is 0 Å². The van der Waals surface area contributed by atoms with Gasteiger partial charge in [0.2, 0.25) is 11.7 Å². The first-order chi connectivity index (χ1) is 11.8. The van der Waals surface area contributed by atoms with Gasteiger partial charge in [-0.3, -0.25) is 9.59 Å². The quantitative estimate of drug-likeness (QED) is 0.811. The Bertz CT molecular complexity index is 834. The normalized spacial score (nSPS) is 17.4. The minimum atomic E-state index is -4.84. The number of rotatable bonds is 3. The average molecular weight is 358 g/mol. The van der Waals surface area contributed by atoms with Crippen molar-refractivity contribution >= 4 is 11.8 Å². The molecule has 2 heterocycles. The fourth-order valence-corrected chi connectivity index (χ4v) is 2.26. The summed E-state index contributed by atoms with van der Waals surface area (Å²) >= 11 is 0. The molecule has 1 aliphatic heterocycles. The summed E-state index contributed by atoms with van der Waals surface area (Å²) in [5, 5.41) is 8.06. The number of hydrogen-bond acceptors (Lipinski definition) is 5. The molecular formula is C14H10F4N4O3. The van der Waals surface area contributed by atoms with Crippen LogP contribution in [0.2, 0.25) is 0 Å². The van der Waals surface area contributed by atoms with Gasteiger partial charge in [0.1, 0.15) is 11.9 Å². The van der Waals surface area contributed by atoms with Crippen molar-refractivity contribution in [3.05, 3.63) is 35.5 Å². The van der Waals surface area contributed by atoms with Gasteiger partial charge in [0.05, 0.1) is 5.56 Å². The fourth-order valence-electron chi connectivity index (χ4n) is 2.26. The van der Waals surface area contributed by atoms with E-state index in [1.807, 2.05) is 0 Å². The highest BCUT2D eigenvalue weighted by atomic mass is 19.4. The van der Waals surface area contributed by atoms with Crippen LogP contribution in [0.5, 0.6) is 0 Å². The summed E-state index contributed by atoms with van der Waals surface area (Å²) in [5.74, 6) is -4.21. The third kappa shape index (κ3) is 3.44. The zero-order valence-corrected chi connectivity index (χ0v) is 12.4. The zero-order chi connectivity index (χ0) is 18.2. The maximum Gasteiger partial charge on any atom is 0.471 e. The second kappa shape index (κ2) is 6.15. The van der Waals surface area contributed by atoms with Gasteiger partial charge in [-0.15, -0.1) is 0 Å². The molecule has 2 N–H and O–H groups in total.